The molecule has 0 aliphatic carbocycles. The van der Waals surface area contributed by atoms with Crippen molar-refractivity contribution in [1.29, 1.82) is 0 Å². The lowest BCUT2D eigenvalue weighted by molar-refractivity contribution is -0.384. The Morgan fingerprint density at radius 2 is 1.90 bits per heavy atom. The van der Waals surface area contributed by atoms with Crippen LogP contribution in [0.2, 0.25) is 0 Å². The summed E-state index contributed by atoms with van der Waals surface area (Å²) in [6, 6.07) is 12.5. The third-order valence-electron chi connectivity index (χ3n) is 4.94. The van der Waals surface area contributed by atoms with Crippen molar-refractivity contribution in [2.45, 2.75) is 40.2 Å². The smallest absolute Gasteiger partial charge is 0.280 e. The highest BCUT2D eigenvalue weighted by Gasteiger charge is 2.22. The fourth-order valence-electron chi connectivity index (χ4n) is 3.51. The second-order valence-electron chi connectivity index (χ2n) is 7.71. The first-order valence-corrected chi connectivity index (χ1v) is 9.86. The maximum Gasteiger partial charge on any atom is 0.280 e. The van der Waals surface area contributed by atoms with Gasteiger partial charge in [0, 0.05) is 23.9 Å². The fraction of sp³-hybridized carbons (Fsp3) is 0.304. The lowest BCUT2D eigenvalue weighted by Crippen LogP contribution is -2.29. The van der Waals surface area contributed by atoms with Gasteiger partial charge in [0.2, 0.25) is 0 Å². The predicted octanol–water partition coefficient (Wildman–Crippen LogP) is 4.71. The van der Waals surface area contributed by atoms with Crippen molar-refractivity contribution in [1.82, 2.24) is 9.55 Å². The number of rotatable bonds is 7. The molecule has 6 nitrogen and oxygen atoms in total. The fourth-order valence-corrected chi connectivity index (χ4v) is 3.51. The Hall–Kier alpha value is -3.35. The van der Waals surface area contributed by atoms with Gasteiger partial charge in [0.05, 0.1) is 10.5 Å². The zero-order chi connectivity index (χ0) is 21.8. The van der Waals surface area contributed by atoms with Crippen molar-refractivity contribution >= 4 is 5.69 Å². The second kappa shape index (κ2) is 8.98. The first-order chi connectivity index (χ1) is 14.3. The van der Waals surface area contributed by atoms with E-state index < -0.39 is 4.92 Å². The van der Waals surface area contributed by atoms with Crippen LogP contribution in [0.25, 0.3) is 11.4 Å². The highest BCUT2D eigenvalue weighted by Crippen LogP contribution is 2.28. The summed E-state index contributed by atoms with van der Waals surface area (Å²) >= 11 is 0. The molecule has 0 amide bonds. The topological polar surface area (TPSA) is 78.0 Å². The second-order valence-corrected chi connectivity index (χ2v) is 7.71. The summed E-state index contributed by atoms with van der Waals surface area (Å²) in [7, 11) is 0. The monoisotopic (exact) mass is 409 g/mol. The number of halogens is 1. The maximum atomic E-state index is 13.6. The Bertz CT molecular complexity index is 1140. The van der Waals surface area contributed by atoms with Gasteiger partial charge in [-0.25, -0.2) is 9.37 Å². The van der Waals surface area contributed by atoms with Crippen molar-refractivity contribution in [2.24, 2.45) is 5.92 Å². The number of aromatic nitrogens is 2. The van der Waals surface area contributed by atoms with Gasteiger partial charge in [0.25, 0.3) is 11.2 Å². The molecular weight excluding hydrogens is 385 g/mol. The molecule has 3 aromatic rings. The van der Waals surface area contributed by atoms with Gasteiger partial charge in [0.1, 0.15) is 11.6 Å². The molecule has 1 heterocycles. The van der Waals surface area contributed by atoms with E-state index >= 15 is 0 Å². The number of nitrogens with zero attached hydrogens (tertiary/aromatic N) is 3. The third-order valence-corrected chi connectivity index (χ3v) is 4.94. The number of aryl methyl sites for hydroxylation is 2. The summed E-state index contributed by atoms with van der Waals surface area (Å²) < 4.78 is 15.0. The highest BCUT2D eigenvalue weighted by molar-refractivity contribution is 5.68. The number of nitro groups is 1. The Morgan fingerprint density at radius 3 is 2.57 bits per heavy atom. The molecule has 0 spiro atoms. The molecular formula is C23H24FN3O3. The SMILES string of the molecule is Cc1nc(-c2ccccc2[N+](=O)[O-])n(CCc2cccc(F)c2)c(=O)c1CC(C)C. The molecule has 0 unspecified atom stereocenters. The Morgan fingerprint density at radius 1 is 1.17 bits per heavy atom. The van der Waals surface area contributed by atoms with Crippen molar-refractivity contribution < 1.29 is 9.31 Å². The quantitative estimate of drug-likeness (QED) is 0.418. The van der Waals surface area contributed by atoms with Gasteiger partial charge >= 0.3 is 0 Å². The molecule has 3 rings (SSSR count). The van der Waals surface area contributed by atoms with E-state index in [0.717, 1.165) is 5.56 Å². The largest absolute Gasteiger partial charge is 0.292 e. The molecule has 0 atom stereocenters. The predicted molar refractivity (Wildman–Crippen MR) is 114 cm³/mol. The van der Waals surface area contributed by atoms with Crippen LogP contribution in [0.3, 0.4) is 0 Å². The van der Waals surface area contributed by atoms with E-state index in [1.165, 1.54) is 22.8 Å². The minimum atomic E-state index is -0.476. The Labute approximate surface area is 174 Å². The van der Waals surface area contributed by atoms with Gasteiger partial charge in [0.15, 0.2) is 0 Å². The molecule has 156 valence electrons. The summed E-state index contributed by atoms with van der Waals surface area (Å²) in [5.41, 5.74) is 1.88. The van der Waals surface area contributed by atoms with Crippen LogP contribution in [-0.4, -0.2) is 14.5 Å². The van der Waals surface area contributed by atoms with Crippen molar-refractivity contribution in [3.8, 4) is 11.4 Å². The number of benzene rings is 2. The van der Waals surface area contributed by atoms with E-state index in [9.17, 15) is 19.3 Å². The molecule has 0 aliphatic heterocycles. The molecule has 0 fully saturated rings. The van der Waals surface area contributed by atoms with Crippen molar-refractivity contribution in [2.75, 3.05) is 0 Å². The molecule has 0 aliphatic rings. The molecule has 0 bridgehead atoms. The van der Waals surface area contributed by atoms with Crippen LogP contribution in [0.15, 0.2) is 53.3 Å². The van der Waals surface area contributed by atoms with E-state index in [-0.39, 0.29) is 40.9 Å². The van der Waals surface area contributed by atoms with Crippen LogP contribution in [0.4, 0.5) is 10.1 Å². The van der Waals surface area contributed by atoms with Crippen LogP contribution in [0, 0.1) is 28.8 Å². The lowest BCUT2D eigenvalue weighted by atomic mass is 10.0. The molecule has 7 heteroatoms. The molecule has 0 saturated heterocycles. The normalized spacial score (nSPS) is 11.1. The van der Waals surface area contributed by atoms with Gasteiger partial charge in [-0.05, 0) is 49.4 Å². The first-order valence-electron chi connectivity index (χ1n) is 9.86. The maximum absolute atomic E-state index is 13.6. The van der Waals surface area contributed by atoms with Crippen LogP contribution in [0.1, 0.15) is 30.7 Å². The van der Waals surface area contributed by atoms with Crippen LogP contribution >= 0.6 is 0 Å². The molecule has 30 heavy (non-hydrogen) atoms. The van der Waals surface area contributed by atoms with Crippen LogP contribution in [0.5, 0.6) is 0 Å². The zero-order valence-electron chi connectivity index (χ0n) is 17.3. The summed E-state index contributed by atoms with van der Waals surface area (Å²) in [5, 5.41) is 11.6. The van der Waals surface area contributed by atoms with E-state index in [4.69, 9.17) is 0 Å². The van der Waals surface area contributed by atoms with Crippen molar-refractivity contribution in [3.63, 3.8) is 0 Å². The molecule has 0 N–H and O–H groups in total. The standard InChI is InChI=1S/C23H24FN3O3/c1-15(2)13-20-16(3)25-22(19-9-4-5-10-21(19)27(29)30)26(23(20)28)12-11-17-7-6-8-18(24)14-17/h4-10,14-15H,11-13H2,1-3H3. The number of nitro benzene ring substituents is 1. The van der Waals surface area contributed by atoms with Gasteiger partial charge in [-0.15, -0.1) is 0 Å². The summed E-state index contributed by atoms with van der Waals surface area (Å²) in [6.07, 6.45) is 0.964. The minimum Gasteiger partial charge on any atom is -0.292 e. The van der Waals surface area contributed by atoms with E-state index in [1.54, 1.807) is 37.3 Å². The number of hydrogen-bond donors (Lipinski definition) is 0. The minimum absolute atomic E-state index is 0.111. The van der Waals surface area contributed by atoms with Gasteiger partial charge < -0.3 is 0 Å². The van der Waals surface area contributed by atoms with Crippen molar-refractivity contribution in [3.05, 3.63) is 91.6 Å². The van der Waals surface area contributed by atoms with E-state index in [0.29, 0.717) is 24.1 Å². The Kier molecular flexibility index (Phi) is 6.40. The molecule has 0 saturated carbocycles. The molecule has 0 radical (unpaired) electrons. The van der Waals surface area contributed by atoms with Crippen LogP contribution < -0.4 is 5.56 Å². The average molecular weight is 409 g/mol. The van der Waals surface area contributed by atoms with E-state index in [1.807, 2.05) is 13.8 Å². The third kappa shape index (κ3) is 4.62. The Balaban J connectivity index is 2.16. The van der Waals surface area contributed by atoms with Gasteiger partial charge in [-0.3, -0.25) is 19.5 Å². The molecule has 2 aromatic carbocycles. The summed E-state index contributed by atoms with van der Waals surface area (Å²) in [4.78, 5) is 29.1. The van der Waals surface area contributed by atoms with Gasteiger partial charge in [-0.1, -0.05) is 38.1 Å². The first kappa shape index (κ1) is 21.4. The lowest BCUT2D eigenvalue weighted by Gasteiger charge is -2.17. The number of para-hydroxylation sites is 1. The highest BCUT2D eigenvalue weighted by atomic mass is 19.1. The molecule has 1 aromatic heterocycles. The van der Waals surface area contributed by atoms with Gasteiger partial charge in [-0.2, -0.15) is 0 Å². The van der Waals surface area contributed by atoms with E-state index in [2.05, 4.69) is 4.98 Å². The zero-order valence-corrected chi connectivity index (χ0v) is 17.3. The average Bonchev–Trinajstić information content (AvgIpc) is 2.70. The summed E-state index contributed by atoms with van der Waals surface area (Å²) in [6.45, 7) is 6.04. The number of hydrogen-bond acceptors (Lipinski definition) is 4. The van der Waals surface area contributed by atoms with Crippen LogP contribution in [-0.2, 0) is 19.4 Å². The summed E-state index contributed by atoms with van der Waals surface area (Å²) in [5.74, 6) is 0.168.